The number of pyridine rings is 1. The van der Waals surface area contributed by atoms with Crippen LogP contribution in [0.4, 0.5) is 4.39 Å². The lowest BCUT2D eigenvalue weighted by atomic mass is 10.1. The van der Waals surface area contributed by atoms with Gasteiger partial charge >= 0.3 is 0 Å². The highest BCUT2D eigenvalue weighted by Gasteiger charge is 2.46. The zero-order chi connectivity index (χ0) is 22.4. The number of nitrogens with zero attached hydrogens (tertiary/aromatic N) is 3. The molecule has 164 valence electrons. The normalized spacial score (nSPS) is 20.7. The van der Waals surface area contributed by atoms with E-state index in [1.807, 2.05) is 20.8 Å². The van der Waals surface area contributed by atoms with Crippen LogP contribution in [0.15, 0.2) is 35.3 Å². The Balaban J connectivity index is 1.64. The Bertz CT molecular complexity index is 1100. The van der Waals surface area contributed by atoms with Gasteiger partial charge in [-0.1, -0.05) is 12.1 Å². The third kappa shape index (κ3) is 3.59. The predicted molar refractivity (Wildman–Crippen MR) is 111 cm³/mol. The number of amides is 2. The van der Waals surface area contributed by atoms with Crippen molar-refractivity contribution in [2.45, 2.75) is 52.1 Å². The fraction of sp³-hybridized carbons (Fsp3) is 0.409. The third-order valence-electron chi connectivity index (χ3n) is 5.98. The summed E-state index contributed by atoms with van der Waals surface area (Å²) in [5.41, 5.74) is -0.557. The monoisotopic (exact) mass is 428 g/mol. The molecule has 2 aromatic rings. The van der Waals surface area contributed by atoms with Crippen LogP contribution in [-0.2, 0) is 13.1 Å². The SMILES string of the molecule is CC(C)N1C[C@@H](C)N2C(=O)c3c(O)c(=O)c(C(=O)NCc4ccc(F)cc4)cn3C[C@H]12. The van der Waals surface area contributed by atoms with Crippen molar-refractivity contribution in [2.24, 2.45) is 0 Å². The molecule has 1 aromatic carbocycles. The molecule has 2 aliphatic rings. The lowest BCUT2D eigenvalue weighted by Gasteiger charge is -2.38. The molecule has 1 aromatic heterocycles. The number of hydrogen-bond acceptors (Lipinski definition) is 5. The maximum atomic E-state index is 13.1. The maximum Gasteiger partial charge on any atom is 0.276 e. The molecule has 0 aliphatic carbocycles. The molecule has 4 rings (SSSR count). The van der Waals surface area contributed by atoms with Crippen molar-refractivity contribution in [3.05, 3.63) is 63.3 Å². The first-order valence-electron chi connectivity index (χ1n) is 10.3. The average molecular weight is 428 g/mol. The van der Waals surface area contributed by atoms with Crippen molar-refractivity contribution in [2.75, 3.05) is 6.54 Å². The molecule has 0 bridgehead atoms. The Morgan fingerprint density at radius 3 is 2.55 bits per heavy atom. The molecule has 2 atom stereocenters. The van der Waals surface area contributed by atoms with Crippen molar-refractivity contribution in [1.82, 2.24) is 19.7 Å². The first-order chi connectivity index (χ1) is 14.7. The maximum absolute atomic E-state index is 13.1. The molecule has 2 amide bonds. The van der Waals surface area contributed by atoms with E-state index in [0.29, 0.717) is 18.7 Å². The summed E-state index contributed by atoms with van der Waals surface area (Å²) in [5, 5.41) is 13.1. The number of carbonyl (C=O) groups is 2. The van der Waals surface area contributed by atoms with Gasteiger partial charge < -0.3 is 19.9 Å². The van der Waals surface area contributed by atoms with Crippen LogP contribution in [-0.4, -0.2) is 56.1 Å². The van der Waals surface area contributed by atoms with Crippen molar-refractivity contribution < 1.29 is 19.1 Å². The van der Waals surface area contributed by atoms with E-state index in [-0.39, 0.29) is 41.9 Å². The topological polar surface area (TPSA) is 94.9 Å². The van der Waals surface area contributed by atoms with E-state index in [1.165, 1.54) is 35.0 Å². The molecule has 0 unspecified atom stereocenters. The molecule has 0 saturated carbocycles. The van der Waals surface area contributed by atoms with Gasteiger partial charge in [-0.05, 0) is 38.5 Å². The highest BCUT2D eigenvalue weighted by Crippen LogP contribution is 2.32. The molecule has 1 saturated heterocycles. The molecule has 2 aliphatic heterocycles. The van der Waals surface area contributed by atoms with Gasteiger partial charge in [-0.25, -0.2) is 4.39 Å². The number of halogens is 1. The van der Waals surface area contributed by atoms with Gasteiger partial charge in [-0.3, -0.25) is 19.3 Å². The van der Waals surface area contributed by atoms with Crippen molar-refractivity contribution in [1.29, 1.82) is 0 Å². The number of hydrogen-bond donors (Lipinski definition) is 2. The number of aromatic hydroxyl groups is 1. The summed E-state index contributed by atoms with van der Waals surface area (Å²) in [5.74, 6) is -2.19. The first-order valence-corrected chi connectivity index (χ1v) is 10.3. The molecule has 9 heteroatoms. The summed E-state index contributed by atoms with van der Waals surface area (Å²) < 4.78 is 14.5. The van der Waals surface area contributed by atoms with Crippen LogP contribution >= 0.6 is 0 Å². The van der Waals surface area contributed by atoms with Crippen molar-refractivity contribution in [3.63, 3.8) is 0 Å². The van der Waals surface area contributed by atoms with Crippen molar-refractivity contribution in [3.8, 4) is 5.75 Å². The third-order valence-corrected chi connectivity index (χ3v) is 5.98. The fourth-order valence-corrected chi connectivity index (χ4v) is 4.41. The summed E-state index contributed by atoms with van der Waals surface area (Å²) in [4.78, 5) is 42.3. The lowest BCUT2D eigenvalue weighted by Crippen LogP contribution is -2.53. The predicted octanol–water partition coefficient (Wildman–Crippen LogP) is 1.52. The van der Waals surface area contributed by atoms with E-state index in [9.17, 15) is 23.9 Å². The summed E-state index contributed by atoms with van der Waals surface area (Å²) in [7, 11) is 0. The second kappa shape index (κ2) is 7.81. The average Bonchev–Trinajstić information content (AvgIpc) is 3.06. The minimum atomic E-state index is -0.887. The fourth-order valence-electron chi connectivity index (χ4n) is 4.41. The molecule has 3 heterocycles. The second-order valence-corrected chi connectivity index (χ2v) is 8.36. The Hall–Kier alpha value is -3.20. The van der Waals surface area contributed by atoms with E-state index in [4.69, 9.17) is 0 Å². The van der Waals surface area contributed by atoms with Crippen LogP contribution in [0.5, 0.6) is 5.75 Å². The Morgan fingerprint density at radius 1 is 1.23 bits per heavy atom. The Kier molecular flexibility index (Phi) is 5.30. The summed E-state index contributed by atoms with van der Waals surface area (Å²) in [6.07, 6.45) is 1.13. The van der Waals surface area contributed by atoms with Crippen LogP contribution in [0.2, 0.25) is 0 Å². The van der Waals surface area contributed by atoms with Gasteiger partial charge in [0.2, 0.25) is 5.43 Å². The van der Waals surface area contributed by atoms with Gasteiger partial charge in [0.05, 0.1) is 6.54 Å². The summed E-state index contributed by atoms with van der Waals surface area (Å²) in [6.45, 7) is 7.17. The highest BCUT2D eigenvalue weighted by atomic mass is 19.1. The zero-order valence-electron chi connectivity index (χ0n) is 17.6. The second-order valence-electron chi connectivity index (χ2n) is 8.36. The minimum absolute atomic E-state index is 0.0539. The molecular weight excluding hydrogens is 403 g/mol. The van der Waals surface area contributed by atoms with Gasteiger partial charge in [0.25, 0.3) is 11.8 Å². The summed E-state index contributed by atoms with van der Waals surface area (Å²) >= 11 is 0. The molecule has 0 spiro atoms. The van der Waals surface area contributed by atoms with E-state index in [1.54, 1.807) is 4.90 Å². The smallest absolute Gasteiger partial charge is 0.276 e. The zero-order valence-corrected chi connectivity index (χ0v) is 17.6. The Labute approximate surface area is 178 Å². The number of fused-ring (bicyclic) bond motifs is 2. The van der Waals surface area contributed by atoms with Crippen molar-refractivity contribution >= 4 is 11.8 Å². The molecule has 0 radical (unpaired) electrons. The van der Waals surface area contributed by atoms with Gasteiger partial charge in [-0.15, -0.1) is 0 Å². The van der Waals surface area contributed by atoms with Crippen LogP contribution < -0.4 is 10.7 Å². The van der Waals surface area contributed by atoms with Crippen LogP contribution in [0.3, 0.4) is 0 Å². The molecule has 2 N–H and O–H groups in total. The quantitative estimate of drug-likeness (QED) is 0.770. The van der Waals surface area contributed by atoms with Gasteiger partial charge in [0.1, 0.15) is 17.5 Å². The first kappa shape index (κ1) is 21.0. The van der Waals surface area contributed by atoms with Crippen LogP contribution in [0.1, 0.15) is 47.2 Å². The molecular formula is C22H25FN4O4. The Morgan fingerprint density at radius 2 is 1.90 bits per heavy atom. The van der Waals surface area contributed by atoms with E-state index >= 15 is 0 Å². The molecule has 31 heavy (non-hydrogen) atoms. The van der Waals surface area contributed by atoms with Gasteiger partial charge in [0.15, 0.2) is 11.4 Å². The minimum Gasteiger partial charge on any atom is -0.503 e. The van der Waals surface area contributed by atoms with Crippen LogP contribution in [0.25, 0.3) is 0 Å². The number of carbonyl (C=O) groups excluding carboxylic acids is 2. The number of rotatable bonds is 4. The largest absolute Gasteiger partial charge is 0.503 e. The lowest BCUT2D eigenvalue weighted by molar-refractivity contribution is 0.0404. The van der Waals surface area contributed by atoms with Crippen LogP contribution in [0, 0.1) is 5.82 Å². The van der Waals surface area contributed by atoms with Gasteiger partial charge in [-0.2, -0.15) is 0 Å². The standard InChI is InChI=1S/C22H25FN4O4/c1-12(2)26-9-13(3)27-17(26)11-25-10-16(19(28)20(29)18(25)22(27)31)21(30)24-8-14-4-6-15(23)7-5-14/h4-7,10,12-13,17,29H,8-9,11H2,1-3H3,(H,24,30)/t13-,17-/m1/s1. The summed E-state index contributed by atoms with van der Waals surface area (Å²) in [6, 6.07) is 5.77. The van der Waals surface area contributed by atoms with Gasteiger partial charge in [0, 0.05) is 31.4 Å². The van der Waals surface area contributed by atoms with E-state index < -0.39 is 23.0 Å². The number of benzene rings is 1. The number of nitrogens with one attached hydrogen (secondary N) is 1. The molecule has 8 nitrogen and oxygen atoms in total. The van der Waals surface area contributed by atoms with E-state index in [0.717, 1.165) is 0 Å². The van der Waals surface area contributed by atoms with E-state index in [2.05, 4.69) is 10.2 Å². The molecule has 1 fully saturated rings. The highest BCUT2D eigenvalue weighted by molar-refractivity contribution is 5.99. The number of aromatic nitrogens is 1.